The fourth-order valence-corrected chi connectivity index (χ4v) is 2.80. The molecule has 2 heterocycles. The Hall–Kier alpha value is -1.99. The number of amides is 2. The van der Waals surface area contributed by atoms with Gasteiger partial charge in [0.15, 0.2) is 5.11 Å². The maximum absolute atomic E-state index is 12.4. The summed E-state index contributed by atoms with van der Waals surface area (Å²) in [7, 11) is 4.80. The third-order valence-corrected chi connectivity index (χ3v) is 4.62. The summed E-state index contributed by atoms with van der Waals surface area (Å²) in [6.45, 7) is 5.28. The highest BCUT2D eigenvalue weighted by atomic mass is 32.1. The summed E-state index contributed by atoms with van der Waals surface area (Å²) < 4.78 is 7.22. The second kappa shape index (κ2) is 6.64. The molecule has 2 amide bonds. The van der Waals surface area contributed by atoms with E-state index in [1.54, 1.807) is 27.3 Å². The molecule has 23 heavy (non-hydrogen) atoms. The van der Waals surface area contributed by atoms with Gasteiger partial charge in [-0.15, -0.1) is 0 Å². The number of carbonyl (C=O) groups is 2. The van der Waals surface area contributed by atoms with E-state index in [0.717, 1.165) is 23.5 Å². The van der Waals surface area contributed by atoms with Gasteiger partial charge < -0.3 is 9.30 Å². The van der Waals surface area contributed by atoms with E-state index < -0.39 is 0 Å². The Bertz CT molecular complexity index is 680. The molecule has 6 nitrogen and oxygen atoms in total. The molecule has 0 spiro atoms. The van der Waals surface area contributed by atoms with Gasteiger partial charge in [0.2, 0.25) is 0 Å². The second-order valence-electron chi connectivity index (χ2n) is 5.54. The van der Waals surface area contributed by atoms with Gasteiger partial charge in [-0.05, 0) is 43.8 Å². The van der Waals surface area contributed by atoms with Gasteiger partial charge in [0.05, 0.1) is 6.61 Å². The molecular weight excluding hydrogens is 314 g/mol. The Morgan fingerprint density at radius 3 is 2.26 bits per heavy atom. The molecule has 124 valence electrons. The van der Waals surface area contributed by atoms with Gasteiger partial charge in [-0.2, -0.15) is 0 Å². The Labute approximate surface area is 141 Å². The second-order valence-corrected chi connectivity index (χ2v) is 5.90. The summed E-state index contributed by atoms with van der Waals surface area (Å²) in [4.78, 5) is 27.4. The van der Waals surface area contributed by atoms with Crippen molar-refractivity contribution in [1.82, 2.24) is 14.4 Å². The fourth-order valence-electron chi connectivity index (χ4n) is 2.63. The Kier molecular flexibility index (Phi) is 5.01. The SMILES string of the molecule is COCCn1c(C)cc(C=C2C(=O)N(C)C(=S)N(C)C2=O)c1C. The monoisotopic (exact) mass is 335 g/mol. The average Bonchev–Trinajstić information content (AvgIpc) is 2.79. The number of thiocarbonyl (C=S) groups is 1. The van der Waals surface area contributed by atoms with Crippen molar-refractivity contribution in [2.24, 2.45) is 0 Å². The van der Waals surface area contributed by atoms with Crippen molar-refractivity contribution >= 4 is 35.2 Å². The number of hydrogen-bond acceptors (Lipinski definition) is 4. The maximum Gasteiger partial charge on any atom is 0.265 e. The molecule has 2 rings (SSSR count). The first-order valence-electron chi connectivity index (χ1n) is 7.27. The van der Waals surface area contributed by atoms with Gasteiger partial charge in [0, 0.05) is 39.1 Å². The molecule has 1 aliphatic rings. The Morgan fingerprint density at radius 2 is 1.74 bits per heavy atom. The molecule has 0 radical (unpaired) electrons. The first-order chi connectivity index (χ1) is 10.8. The van der Waals surface area contributed by atoms with Crippen LogP contribution in [0, 0.1) is 13.8 Å². The van der Waals surface area contributed by atoms with Crippen LogP contribution in [0.25, 0.3) is 6.08 Å². The minimum atomic E-state index is -0.375. The predicted molar refractivity (Wildman–Crippen MR) is 91.9 cm³/mol. The predicted octanol–water partition coefficient (Wildman–Crippen LogP) is 1.35. The van der Waals surface area contributed by atoms with E-state index in [4.69, 9.17) is 17.0 Å². The van der Waals surface area contributed by atoms with Gasteiger partial charge in [0.25, 0.3) is 11.8 Å². The number of methoxy groups -OCH3 is 1. The lowest BCUT2D eigenvalue weighted by Gasteiger charge is -2.31. The highest BCUT2D eigenvalue weighted by Gasteiger charge is 2.35. The van der Waals surface area contributed by atoms with E-state index >= 15 is 0 Å². The van der Waals surface area contributed by atoms with Crippen LogP contribution in [0.1, 0.15) is 17.0 Å². The fraction of sp³-hybridized carbons (Fsp3) is 0.438. The highest BCUT2D eigenvalue weighted by Crippen LogP contribution is 2.22. The van der Waals surface area contributed by atoms with Crippen molar-refractivity contribution in [1.29, 1.82) is 0 Å². The van der Waals surface area contributed by atoms with Gasteiger partial charge in [-0.1, -0.05) is 0 Å². The van der Waals surface area contributed by atoms with Crippen molar-refractivity contribution in [3.63, 3.8) is 0 Å². The topological polar surface area (TPSA) is 54.8 Å². The van der Waals surface area contributed by atoms with E-state index in [1.807, 2.05) is 19.9 Å². The quantitative estimate of drug-likeness (QED) is 0.473. The van der Waals surface area contributed by atoms with E-state index in [1.165, 1.54) is 9.80 Å². The number of rotatable bonds is 4. The minimum absolute atomic E-state index is 0.121. The number of aromatic nitrogens is 1. The van der Waals surface area contributed by atoms with Gasteiger partial charge in [0.1, 0.15) is 5.57 Å². The molecule has 1 fully saturated rings. The summed E-state index contributed by atoms with van der Waals surface area (Å²) >= 11 is 5.09. The van der Waals surface area contributed by atoms with Crippen LogP contribution in [-0.4, -0.2) is 59.1 Å². The number of ether oxygens (including phenoxy) is 1. The molecule has 0 aliphatic carbocycles. The van der Waals surface area contributed by atoms with Gasteiger partial charge >= 0.3 is 0 Å². The van der Waals surface area contributed by atoms with Crippen LogP contribution in [0.5, 0.6) is 0 Å². The van der Waals surface area contributed by atoms with Crippen LogP contribution in [0.15, 0.2) is 11.6 Å². The first kappa shape index (κ1) is 17.4. The molecule has 0 saturated carbocycles. The van der Waals surface area contributed by atoms with Gasteiger partial charge in [-0.25, -0.2) is 0 Å². The van der Waals surface area contributed by atoms with Crippen LogP contribution < -0.4 is 0 Å². The van der Waals surface area contributed by atoms with E-state index in [2.05, 4.69) is 4.57 Å². The van der Waals surface area contributed by atoms with Crippen molar-refractivity contribution < 1.29 is 14.3 Å². The van der Waals surface area contributed by atoms with E-state index in [9.17, 15) is 9.59 Å². The number of carbonyl (C=O) groups excluding carboxylic acids is 2. The zero-order valence-electron chi connectivity index (χ0n) is 14.0. The van der Waals surface area contributed by atoms with Crippen LogP contribution in [0.2, 0.25) is 0 Å². The maximum atomic E-state index is 12.4. The summed E-state index contributed by atoms with van der Waals surface area (Å²) in [5.41, 5.74) is 3.02. The molecule has 0 aromatic carbocycles. The Balaban J connectivity index is 2.43. The molecule has 1 aromatic heterocycles. The van der Waals surface area contributed by atoms with Crippen LogP contribution in [0.4, 0.5) is 0 Å². The zero-order chi connectivity index (χ0) is 17.3. The van der Waals surface area contributed by atoms with Crippen LogP contribution in [-0.2, 0) is 20.9 Å². The summed E-state index contributed by atoms with van der Waals surface area (Å²) in [6.07, 6.45) is 1.64. The molecule has 0 unspecified atom stereocenters. The van der Waals surface area contributed by atoms with Crippen molar-refractivity contribution in [3.05, 3.63) is 28.6 Å². The highest BCUT2D eigenvalue weighted by molar-refractivity contribution is 7.80. The first-order valence-corrected chi connectivity index (χ1v) is 7.67. The molecule has 7 heteroatoms. The Morgan fingerprint density at radius 1 is 1.17 bits per heavy atom. The lowest BCUT2D eigenvalue weighted by molar-refractivity contribution is -0.132. The van der Waals surface area contributed by atoms with Crippen molar-refractivity contribution in [2.45, 2.75) is 20.4 Å². The minimum Gasteiger partial charge on any atom is -0.383 e. The number of nitrogens with zero attached hydrogens (tertiary/aromatic N) is 3. The lowest BCUT2D eigenvalue weighted by atomic mass is 10.1. The van der Waals surface area contributed by atoms with Crippen molar-refractivity contribution in [3.8, 4) is 0 Å². The molecule has 1 saturated heterocycles. The molecule has 0 atom stereocenters. The lowest BCUT2D eigenvalue weighted by Crippen LogP contribution is -2.52. The normalized spacial score (nSPS) is 15.7. The van der Waals surface area contributed by atoms with E-state index in [-0.39, 0.29) is 22.5 Å². The van der Waals surface area contributed by atoms with Crippen molar-refractivity contribution in [2.75, 3.05) is 27.8 Å². The van der Waals surface area contributed by atoms with Crippen LogP contribution in [0.3, 0.4) is 0 Å². The molecule has 1 aromatic rings. The van der Waals surface area contributed by atoms with Crippen LogP contribution >= 0.6 is 12.2 Å². The third kappa shape index (κ3) is 3.07. The summed E-state index contributed by atoms with van der Waals surface area (Å²) in [6, 6.07) is 1.96. The van der Waals surface area contributed by atoms with E-state index in [0.29, 0.717) is 6.61 Å². The third-order valence-electron chi connectivity index (χ3n) is 4.08. The standard InChI is InChI=1S/C16H21N3O3S/c1-10-8-12(11(2)19(10)6-7-22-5)9-13-14(20)17(3)16(23)18(4)15(13)21/h8-9H,6-7H2,1-5H3. The molecular formula is C16H21N3O3S. The molecule has 0 bridgehead atoms. The summed E-state index contributed by atoms with van der Waals surface area (Å²) in [5.74, 6) is -0.750. The summed E-state index contributed by atoms with van der Waals surface area (Å²) in [5, 5.41) is 0.211. The molecule has 1 aliphatic heterocycles. The largest absolute Gasteiger partial charge is 0.383 e. The zero-order valence-corrected chi connectivity index (χ0v) is 14.9. The van der Waals surface area contributed by atoms with Gasteiger partial charge in [-0.3, -0.25) is 19.4 Å². The smallest absolute Gasteiger partial charge is 0.265 e. The number of likely N-dealkylation sites (N-methyl/N-ethyl adjacent to an activating group) is 2. The number of hydrogen-bond donors (Lipinski definition) is 0. The average molecular weight is 335 g/mol. The number of aryl methyl sites for hydroxylation is 1. The molecule has 0 N–H and O–H groups in total.